The van der Waals surface area contributed by atoms with Crippen molar-refractivity contribution in [3.05, 3.63) is 57.0 Å². The number of amides is 1. The molecule has 1 aliphatic heterocycles. The number of methoxy groups -OCH3 is 1. The highest BCUT2D eigenvalue weighted by molar-refractivity contribution is 7.13. The molecular formula is C17H18N2O4S. The summed E-state index contributed by atoms with van der Waals surface area (Å²) in [7, 11) is 1.63. The quantitative estimate of drug-likeness (QED) is 0.613. The number of carbonyl (C=O) groups is 1. The molecule has 24 heavy (non-hydrogen) atoms. The van der Waals surface area contributed by atoms with E-state index in [0.29, 0.717) is 12.1 Å². The van der Waals surface area contributed by atoms with Gasteiger partial charge in [0.1, 0.15) is 5.75 Å². The van der Waals surface area contributed by atoms with Gasteiger partial charge in [-0.05, 0) is 37.0 Å². The third kappa shape index (κ3) is 3.41. The van der Waals surface area contributed by atoms with Gasteiger partial charge in [0, 0.05) is 24.0 Å². The van der Waals surface area contributed by atoms with Crippen LogP contribution in [-0.2, 0) is 6.42 Å². The van der Waals surface area contributed by atoms with Crippen molar-refractivity contribution in [2.24, 2.45) is 0 Å². The van der Waals surface area contributed by atoms with Crippen LogP contribution in [-0.4, -0.2) is 35.4 Å². The molecule has 0 radical (unpaired) electrons. The van der Waals surface area contributed by atoms with Gasteiger partial charge >= 0.3 is 5.00 Å². The molecule has 1 aromatic carbocycles. The van der Waals surface area contributed by atoms with E-state index in [1.165, 1.54) is 6.07 Å². The zero-order valence-electron chi connectivity index (χ0n) is 13.3. The zero-order valence-corrected chi connectivity index (χ0v) is 14.1. The van der Waals surface area contributed by atoms with Crippen LogP contribution in [0.15, 0.2) is 35.7 Å². The molecule has 2 heterocycles. The number of hydrogen-bond donors (Lipinski definition) is 0. The first kappa shape index (κ1) is 16.4. The topological polar surface area (TPSA) is 72.7 Å². The van der Waals surface area contributed by atoms with E-state index in [0.717, 1.165) is 41.9 Å². The highest BCUT2D eigenvalue weighted by Gasteiger charge is 2.30. The Morgan fingerprint density at radius 3 is 2.79 bits per heavy atom. The fourth-order valence-corrected chi connectivity index (χ4v) is 3.75. The van der Waals surface area contributed by atoms with Gasteiger partial charge in [0.15, 0.2) is 0 Å². The van der Waals surface area contributed by atoms with Crippen molar-refractivity contribution in [3.8, 4) is 5.75 Å². The number of nitrogens with zero attached hydrogens (tertiary/aromatic N) is 2. The molecule has 2 aromatic rings. The average molecular weight is 346 g/mol. The Morgan fingerprint density at radius 1 is 1.42 bits per heavy atom. The number of likely N-dealkylation sites (tertiary alicyclic amines) is 1. The van der Waals surface area contributed by atoms with Gasteiger partial charge < -0.3 is 9.64 Å². The van der Waals surface area contributed by atoms with Crippen LogP contribution in [0.3, 0.4) is 0 Å². The third-order valence-corrected chi connectivity index (χ3v) is 5.16. The number of rotatable bonds is 5. The van der Waals surface area contributed by atoms with Gasteiger partial charge in [-0.2, -0.15) is 0 Å². The molecule has 1 fully saturated rings. The maximum absolute atomic E-state index is 12.7. The van der Waals surface area contributed by atoms with Crippen LogP contribution in [0.5, 0.6) is 5.75 Å². The van der Waals surface area contributed by atoms with Gasteiger partial charge in [-0.25, -0.2) is 0 Å². The molecule has 1 atom stereocenters. The highest BCUT2D eigenvalue weighted by Crippen LogP contribution is 2.28. The lowest BCUT2D eigenvalue weighted by molar-refractivity contribution is -0.380. The molecular weight excluding hydrogens is 328 g/mol. The Balaban J connectivity index is 1.71. The van der Waals surface area contributed by atoms with E-state index in [1.807, 2.05) is 29.2 Å². The van der Waals surface area contributed by atoms with E-state index in [-0.39, 0.29) is 17.0 Å². The van der Waals surface area contributed by atoms with E-state index < -0.39 is 4.92 Å². The Morgan fingerprint density at radius 2 is 2.17 bits per heavy atom. The smallest absolute Gasteiger partial charge is 0.324 e. The Bertz CT molecular complexity index is 741. The lowest BCUT2D eigenvalue weighted by Gasteiger charge is -2.24. The predicted octanol–water partition coefficient (Wildman–Crippen LogP) is 3.51. The number of nitro groups is 1. The molecule has 6 nitrogen and oxygen atoms in total. The minimum atomic E-state index is -0.458. The van der Waals surface area contributed by atoms with Gasteiger partial charge in [0.25, 0.3) is 5.91 Å². The Hall–Kier alpha value is -2.41. The molecule has 1 amide bonds. The van der Waals surface area contributed by atoms with Crippen LogP contribution in [0.2, 0.25) is 0 Å². The lowest BCUT2D eigenvalue weighted by Crippen LogP contribution is -2.36. The summed E-state index contributed by atoms with van der Waals surface area (Å²) < 4.78 is 5.16. The summed E-state index contributed by atoms with van der Waals surface area (Å²) in [5, 5.41) is 12.4. The summed E-state index contributed by atoms with van der Waals surface area (Å²) in [5.74, 6) is 0.694. The number of ether oxygens (including phenoxy) is 1. The second kappa shape index (κ2) is 7.00. The second-order valence-corrected chi connectivity index (χ2v) is 6.67. The van der Waals surface area contributed by atoms with E-state index in [9.17, 15) is 14.9 Å². The van der Waals surface area contributed by atoms with Crippen molar-refractivity contribution in [2.45, 2.75) is 25.3 Å². The van der Waals surface area contributed by atoms with E-state index in [2.05, 4.69) is 0 Å². The van der Waals surface area contributed by atoms with Gasteiger partial charge in [-0.3, -0.25) is 14.9 Å². The molecule has 0 saturated carbocycles. The molecule has 7 heteroatoms. The third-order valence-electron chi connectivity index (χ3n) is 4.28. The average Bonchev–Trinajstić information content (AvgIpc) is 3.24. The van der Waals surface area contributed by atoms with Crippen LogP contribution >= 0.6 is 11.3 Å². The molecule has 3 rings (SSSR count). The monoisotopic (exact) mass is 346 g/mol. The van der Waals surface area contributed by atoms with Crippen molar-refractivity contribution >= 4 is 22.2 Å². The van der Waals surface area contributed by atoms with E-state index in [1.54, 1.807) is 12.5 Å². The van der Waals surface area contributed by atoms with Gasteiger partial charge in [0.2, 0.25) is 0 Å². The molecule has 0 bridgehead atoms. The summed E-state index contributed by atoms with van der Waals surface area (Å²) >= 11 is 0.994. The van der Waals surface area contributed by atoms with Crippen molar-refractivity contribution in [1.82, 2.24) is 4.90 Å². The standard InChI is InChI=1S/C17H18N2O4S/c1-23-15-6-4-12(5-7-15)9-14-3-2-8-18(14)17(20)13-10-16(19(21)22)24-11-13/h4-7,10-11,14H,2-3,8-9H2,1H3/t14-/m1/s1. The fourth-order valence-electron chi connectivity index (χ4n) is 3.05. The number of hydrogen-bond acceptors (Lipinski definition) is 5. The van der Waals surface area contributed by atoms with Crippen LogP contribution < -0.4 is 4.74 Å². The summed E-state index contributed by atoms with van der Waals surface area (Å²) in [6.07, 6.45) is 2.69. The Kier molecular flexibility index (Phi) is 4.80. The second-order valence-electron chi connectivity index (χ2n) is 5.78. The molecule has 0 unspecified atom stereocenters. The maximum atomic E-state index is 12.7. The van der Waals surface area contributed by atoms with Crippen LogP contribution in [0.4, 0.5) is 5.00 Å². The van der Waals surface area contributed by atoms with Crippen molar-refractivity contribution in [1.29, 1.82) is 0 Å². The van der Waals surface area contributed by atoms with Crippen LogP contribution in [0.1, 0.15) is 28.8 Å². The van der Waals surface area contributed by atoms with E-state index >= 15 is 0 Å². The lowest BCUT2D eigenvalue weighted by atomic mass is 10.0. The van der Waals surface area contributed by atoms with Gasteiger partial charge in [-0.1, -0.05) is 23.5 Å². The predicted molar refractivity (Wildman–Crippen MR) is 91.7 cm³/mol. The van der Waals surface area contributed by atoms with E-state index in [4.69, 9.17) is 4.74 Å². The largest absolute Gasteiger partial charge is 0.497 e. The first-order chi connectivity index (χ1) is 11.6. The van der Waals surface area contributed by atoms with Crippen molar-refractivity contribution < 1.29 is 14.5 Å². The molecule has 1 saturated heterocycles. The molecule has 0 N–H and O–H groups in total. The first-order valence-corrected chi connectivity index (χ1v) is 8.63. The normalized spacial score (nSPS) is 17.0. The minimum Gasteiger partial charge on any atom is -0.497 e. The van der Waals surface area contributed by atoms with Gasteiger partial charge in [-0.15, -0.1) is 0 Å². The molecule has 1 aliphatic rings. The van der Waals surface area contributed by atoms with Crippen LogP contribution in [0.25, 0.3) is 0 Å². The Labute approximate surface area is 143 Å². The number of carbonyl (C=O) groups excluding carboxylic acids is 1. The van der Waals surface area contributed by atoms with Crippen molar-refractivity contribution in [2.75, 3.05) is 13.7 Å². The summed E-state index contributed by atoms with van der Waals surface area (Å²) in [6, 6.07) is 9.35. The molecule has 0 spiro atoms. The fraction of sp³-hybridized carbons (Fsp3) is 0.353. The number of benzene rings is 1. The maximum Gasteiger partial charge on any atom is 0.324 e. The first-order valence-electron chi connectivity index (χ1n) is 7.75. The summed E-state index contributed by atoms with van der Waals surface area (Å²) in [5.41, 5.74) is 1.56. The summed E-state index contributed by atoms with van der Waals surface area (Å²) in [4.78, 5) is 24.9. The SMILES string of the molecule is COc1ccc(C[C@H]2CCCN2C(=O)c2csc([N+](=O)[O-])c2)cc1. The zero-order chi connectivity index (χ0) is 17.1. The van der Waals surface area contributed by atoms with Crippen LogP contribution in [0, 0.1) is 10.1 Å². The molecule has 0 aliphatic carbocycles. The highest BCUT2D eigenvalue weighted by atomic mass is 32.1. The summed E-state index contributed by atoms with van der Waals surface area (Å²) in [6.45, 7) is 0.698. The molecule has 126 valence electrons. The minimum absolute atomic E-state index is 0.00394. The number of thiophene rings is 1. The van der Waals surface area contributed by atoms with Crippen molar-refractivity contribution in [3.63, 3.8) is 0 Å². The van der Waals surface area contributed by atoms with Gasteiger partial charge in [0.05, 0.1) is 17.6 Å². The molecule has 1 aromatic heterocycles.